The molecule has 2 N–H and O–H groups in total. The van der Waals surface area contributed by atoms with Crippen LogP contribution in [-0.4, -0.2) is 15.1 Å². The Morgan fingerprint density at radius 2 is 2.29 bits per heavy atom. The van der Waals surface area contributed by atoms with E-state index >= 15 is 0 Å². The van der Waals surface area contributed by atoms with Gasteiger partial charge in [0, 0.05) is 31.4 Å². The fourth-order valence-corrected chi connectivity index (χ4v) is 1.55. The number of nitrogens with zero attached hydrogens (tertiary/aromatic N) is 2. The highest BCUT2D eigenvalue weighted by molar-refractivity contribution is 5.00. The second-order valence-electron chi connectivity index (χ2n) is 4.45. The van der Waals surface area contributed by atoms with Gasteiger partial charge in [0.05, 0.1) is 0 Å². The van der Waals surface area contributed by atoms with E-state index in [4.69, 9.17) is 5.73 Å². The Kier molecular flexibility index (Phi) is 3.32. The number of aryl methyl sites for hydroxylation is 1. The number of imidazole rings is 1. The molecule has 0 bridgehead atoms. The zero-order chi connectivity index (χ0) is 10.8. The van der Waals surface area contributed by atoms with Gasteiger partial charge in [-0.2, -0.15) is 0 Å². The van der Waals surface area contributed by atoms with Crippen molar-refractivity contribution in [2.24, 2.45) is 18.7 Å². The SMILES string of the molecule is CCC(C)C(C)(N)Cc1nccn1C. The first-order chi connectivity index (χ1) is 6.47. The quantitative estimate of drug-likeness (QED) is 0.795. The maximum Gasteiger partial charge on any atom is 0.110 e. The third-order valence-electron chi connectivity index (χ3n) is 3.20. The molecule has 1 aromatic heterocycles. The lowest BCUT2D eigenvalue weighted by molar-refractivity contribution is 0.299. The molecule has 0 aliphatic carbocycles. The molecule has 0 aliphatic rings. The van der Waals surface area contributed by atoms with Crippen LogP contribution in [0.1, 0.15) is 33.0 Å². The van der Waals surface area contributed by atoms with Gasteiger partial charge < -0.3 is 10.3 Å². The molecule has 1 rings (SSSR count). The number of hydrogen-bond acceptors (Lipinski definition) is 2. The molecule has 0 radical (unpaired) electrons. The first-order valence-corrected chi connectivity index (χ1v) is 5.22. The van der Waals surface area contributed by atoms with Crippen molar-refractivity contribution in [1.82, 2.24) is 9.55 Å². The molecule has 1 heterocycles. The maximum absolute atomic E-state index is 6.28. The molecule has 0 fully saturated rings. The highest BCUT2D eigenvalue weighted by Crippen LogP contribution is 2.21. The van der Waals surface area contributed by atoms with Gasteiger partial charge in [-0.1, -0.05) is 20.3 Å². The van der Waals surface area contributed by atoms with Crippen molar-refractivity contribution in [1.29, 1.82) is 0 Å². The lowest BCUT2D eigenvalue weighted by Crippen LogP contribution is -2.45. The zero-order valence-electron chi connectivity index (χ0n) is 9.62. The Morgan fingerprint density at radius 1 is 1.64 bits per heavy atom. The minimum absolute atomic E-state index is 0.159. The van der Waals surface area contributed by atoms with Crippen LogP contribution in [0.4, 0.5) is 0 Å². The summed E-state index contributed by atoms with van der Waals surface area (Å²) in [5.74, 6) is 1.58. The van der Waals surface area contributed by atoms with Crippen LogP contribution in [0.25, 0.3) is 0 Å². The highest BCUT2D eigenvalue weighted by Gasteiger charge is 2.26. The Bertz CT molecular complexity index is 288. The van der Waals surface area contributed by atoms with Crippen LogP contribution in [0, 0.1) is 5.92 Å². The fraction of sp³-hybridized carbons (Fsp3) is 0.727. The molecule has 0 saturated heterocycles. The zero-order valence-corrected chi connectivity index (χ0v) is 9.62. The number of hydrogen-bond donors (Lipinski definition) is 1. The predicted molar refractivity (Wildman–Crippen MR) is 59.0 cm³/mol. The summed E-state index contributed by atoms with van der Waals surface area (Å²) < 4.78 is 2.04. The summed E-state index contributed by atoms with van der Waals surface area (Å²) in [6, 6.07) is 0. The molecule has 3 heteroatoms. The first kappa shape index (κ1) is 11.2. The van der Waals surface area contributed by atoms with Crippen LogP contribution in [-0.2, 0) is 13.5 Å². The maximum atomic E-state index is 6.28. The van der Waals surface area contributed by atoms with Crippen molar-refractivity contribution in [3.8, 4) is 0 Å². The van der Waals surface area contributed by atoms with Gasteiger partial charge in [0.15, 0.2) is 0 Å². The molecular weight excluding hydrogens is 174 g/mol. The number of nitrogens with two attached hydrogens (primary N) is 1. The van der Waals surface area contributed by atoms with E-state index < -0.39 is 0 Å². The number of rotatable bonds is 4. The molecule has 14 heavy (non-hydrogen) atoms. The van der Waals surface area contributed by atoms with Crippen LogP contribution >= 0.6 is 0 Å². The second kappa shape index (κ2) is 4.13. The monoisotopic (exact) mass is 195 g/mol. The van der Waals surface area contributed by atoms with E-state index in [1.807, 2.05) is 24.0 Å². The summed E-state index contributed by atoms with van der Waals surface area (Å²) in [6.45, 7) is 6.48. The molecule has 1 aromatic rings. The molecule has 2 unspecified atom stereocenters. The Hall–Kier alpha value is -0.830. The molecule has 80 valence electrons. The topological polar surface area (TPSA) is 43.8 Å². The smallest absolute Gasteiger partial charge is 0.110 e. The van der Waals surface area contributed by atoms with Gasteiger partial charge in [-0.25, -0.2) is 4.98 Å². The Labute approximate surface area is 86.3 Å². The molecule has 0 amide bonds. The number of aromatic nitrogens is 2. The van der Waals surface area contributed by atoms with Gasteiger partial charge in [0.25, 0.3) is 0 Å². The van der Waals surface area contributed by atoms with E-state index in [-0.39, 0.29) is 5.54 Å². The average Bonchev–Trinajstić information content (AvgIpc) is 2.50. The Morgan fingerprint density at radius 3 is 2.71 bits per heavy atom. The van der Waals surface area contributed by atoms with E-state index in [9.17, 15) is 0 Å². The van der Waals surface area contributed by atoms with E-state index in [0.717, 1.165) is 18.7 Å². The summed E-state index contributed by atoms with van der Waals surface area (Å²) in [6.07, 6.45) is 5.73. The lowest BCUT2D eigenvalue weighted by Gasteiger charge is -2.30. The lowest BCUT2D eigenvalue weighted by atomic mass is 9.83. The summed E-state index contributed by atoms with van der Waals surface area (Å²) in [5.41, 5.74) is 6.12. The van der Waals surface area contributed by atoms with Crippen LogP contribution in [0.5, 0.6) is 0 Å². The van der Waals surface area contributed by atoms with Crippen molar-refractivity contribution in [2.75, 3.05) is 0 Å². The molecule has 0 saturated carbocycles. The molecular formula is C11H21N3. The van der Waals surface area contributed by atoms with Gasteiger partial charge >= 0.3 is 0 Å². The van der Waals surface area contributed by atoms with E-state index in [0.29, 0.717) is 5.92 Å². The van der Waals surface area contributed by atoms with Crippen LogP contribution in [0.2, 0.25) is 0 Å². The standard InChI is InChI=1S/C11H21N3/c1-5-9(2)11(3,12)8-10-13-6-7-14(10)4/h6-7,9H,5,8,12H2,1-4H3. The van der Waals surface area contributed by atoms with Gasteiger partial charge in [-0.3, -0.25) is 0 Å². The first-order valence-electron chi connectivity index (χ1n) is 5.22. The molecule has 0 aromatic carbocycles. The van der Waals surface area contributed by atoms with E-state index in [1.165, 1.54) is 0 Å². The van der Waals surface area contributed by atoms with Gasteiger partial charge in [-0.05, 0) is 12.8 Å². The minimum atomic E-state index is -0.159. The van der Waals surface area contributed by atoms with Crippen molar-refractivity contribution in [3.05, 3.63) is 18.2 Å². The summed E-state index contributed by atoms with van der Waals surface area (Å²) >= 11 is 0. The Balaban J connectivity index is 2.73. The second-order valence-corrected chi connectivity index (χ2v) is 4.45. The minimum Gasteiger partial charge on any atom is -0.338 e. The molecule has 0 aliphatic heterocycles. The predicted octanol–water partition coefficient (Wildman–Crippen LogP) is 1.73. The molecule has 2 atom stereocenters. The van der Waals surface area contributed by atoms with E-state index in [2.05, 4.69) is 25.8 Å². The van der Waals surface area contributed by atoms with Crippen molar-refractivity contribution < 1.29 is 0 Å². The van der Waals surface area contributed by atoms with Crippen LogP contribution in [0.3, 0.4) is 0 Å². The van der Waals surface area contributed by atoms with E-state index in [1.54, 1.807) is 0 Å². The summed E-state index contributed by atoms with van der Waals surface area (Å²) in [4.78, 5) is 4.30. The third kappa shape index (κ3) is 2.35. The van der Waals surface area contributed by atoms with Crippen LogP contribution in [0.15, 0.2) is 12.4 Å². The van der Waals surface area contributed by atoms with Gasteiger partial charge in [0.1, 0.15) is 5.82 Å². The summed E-state index contributed by atoms with van der Waals surface area (Å²) in [7, 11) is 2.01. The van der Waals surface area contributed by atoms with Crippen molar-refractivity contribution in [3.63, 3.8) is 0 Å². The average molecular weight is 195 g/mol. The highest BCUT2D eigenvalue weighted by atomic mass is 15.0. The van der Waals surface area contributed by atoms with Crippen molar-refractivity contribution in [2.45, 2.75) is 39.2 Å². The fourth-order valence-electron chi connectivity index (χ4n) is 1.55. The van der Waals surface area contributed by atoms with Crippen LogP contribution < -0.4 is 5.73 Å². The molecule has 3 nitrogen and oxygen atoms in total. The molecule has 0 spiro atoms. The van der Waals surface area contributed by atoms with Gasteiger partial charge in [-0.15, -0.1) is 0 Å². The summed E-state index contributed by atoms with van der Waals surface area (Å²) in [5, 5.41) is 0. The van der Waals surface area contributed by atoms with Gasteiger partial charge in [0.2, 0.25) is 0 Å². The third-order valence-corrected chi connectivity index (χ3v) is 3.20. The normalized spacial score (nSPS) is 17.8. The largest absolute Gasteiger partial charge is 0.338 e. The van der Waals surface area contributed by atoms with Crippen molar-refractivity contribution >= 4 is 0 Å².